The lowest BCUT2D eigenvalue weighted by Crippen LogP contribution is -2.57. The topological polar surface area (TPSA) is 57.5 Å². The molecule has 0 amide bonds. The number of para-hydroxylation sites is 1. The molecule has 4 aliphatic rings. The zero-order valence-electron chi connectivity index (χ0n) is 22.3. The quantitative estimate of drug-likeness (QED) is 0.266. The number of rotatable bonds is 7. The summed E-state index contributed by atoms with van der Waals surface area (Å²) in [6.45, 7) is 3.61. The van der Waals surface area contributed by atoms with Crippen LogP contribution in [-0.2, 0) is 14.9 Å². The number of Topliss-reactive ketones (excluding diaryl/α,β-unsaturated/α-hetero) is 1. The van der Waals surface area contributed by atoms with Crippen molar-refractivity contribution in [2.24, 2.45) is 17.3 Å². The van der Waals surface area contributed by atoms with Crippen molar-refractivity contribution in [3.8, 4) is 11.4 Å². The maximum absolute atomic E-state index is 15.3. The fourth-order valence-corrected chi connectivity index (χ4v) is 8.25. The molecule has 5 nitrogen and oxygen atoms in total. The van der Waals surface area contributed by atoms with Crippen molar-refractivity contribution >= 4 is 11.8 Å². The maximum atomic E-state index is 15.3. The summed E-state index contributed by atoms with van der Waals surface area (Å²) in [6, 6.07) is 16.9. The number of esters is 1. The Morgan fingerprint density at radius 1 is 1.00 bits per heavy atom. The van der Waals surface area contributed by atoms with Crippen LogP contribution in [0.2, 0.25) is 0 Å². The van der Waals surface area contributed by atoms with Gasteiger partial charge in [0.1, 0.15) is 11.6 Å². The molecule has 1 aromatic heterocycles. The number of carbonyl (C=O) groups is 2. The SMILES string of the molecule is COc1ccc(C23CC4CC(CC(C(=O)OCC(=O)c5cc(C)n(-c6ccccc6)c5C)(C4)C2)C3)c(F)c1. The maximum Gasteiger partial charge on any atom is 0.312 e. The molecule has 0 aliphatic heterocycles. The highest BCUT2D eigenvalue weighted by Gasteiger charge is 2.62. The summed E-state index contributed by atoms with van der Waals surface area (Å²) in [5, 5.41) is 0. The molecule has 0 spiro atoms. The van der Waals surface area contributed by atoms with E-state index in [1.54, 1.807) is 0 Å². The zero-order valence-corrected chi connectivity index (χ0v) is 22.3. The molecule has 4 saturated carbocycles. The first-order valence-corrected chi connectivity index (χ1v) is 13.5. The number of benzene rings is 2. The lowest BCUT2D eigenvalue weighted by molar-refractivity contribution is -0.173. The monoisotopic (exact) mass is 515 g/mol. The molecule has 4 bridgehead atoms. The summed E-state index contributed by atoms with van der Waals surface area (Å²) < 4.78 is 28.3. The summed E-state index contributed by atoms with van der Waals surface area (Å²) in [5.41, 5.74) is 3.01. The number of aryl methyl sites for hydroxylation is 1. The van der Waals surface area contributed by atoms with Crippen LogP contribution in [0.5, 0.6) is 5.75 Å². The first-order chi connectivity index (χ1) is 18.2. The Bertz CT molecular complexity index is 1390. The van der Waals surface area contributed by atoms with Crippen molar-refractivity contribution in [1.82, 2.24) is 4.57 Å². The number of halogens is 1. The number of hydrogen-bond acceptors (Lipinski definition) is 4. The molecule has 0 saturated heterocycles. The van der Waals surface area contributed by atoms with Gasteiger partial charge >= 0.3 is 5.97 Å². The van der Waals surface area contributed by atoms with Crippen LogP contribution in [0.25, 0.3) is 5.69 Å². The van der Waals surface area contributed by atoms with E-state index in [0.717, 1.165) is 49.2 Å². The van der Waals surface area contributed by atoms with Gasteiger partial charge in [0.2, 0.25) is 5.78 Å². The second-order valence-corrected chi connectivity index (χ2v) is 11.8. The van der Waals surface area contributed by atoms with Crippen LogP contribution in [0.15, 0.2) is 54.6 Å². The molecule has 2 atom stereocenters. The number of carbonyl (C=O) groups excluding carboxylic acids is 2. The van der Waals surface area contributed by atoms with E-state index < -0.39 is 5.41 Å². The van der Waals surface area contributed by atoms with Crippen molar-refractivity contribution in [2.75, 3.05) is 13.7 Å². The summed E-state index contributed by atoms with van der Waals surface area (Å²) in [4.78, 5) is 26.9. The molecular weight excluding hydrogens is 481 g/mol. The molecule has 2 aromatic carbocycles. The number of hydrogen-bond donors (Lipinski definition) is 0. The molecule has 38 heavy (non-hydrogen) atoms. The number of methoxy groups -OCH3 is 1. The predicted molar refractivity (Wildman–Crippen MR) is 142 cm³/mol. The van der Waals surface area contributed by atoms with E-state index in [0.29, 0.717) is 35.1 Å². The van der Waals surface area contributed by atoms with Gasteiger partial charge in [0.15, 0.2) is 6.61 Å². The first kappa shape index (κ1) is 24.9. The van der Waals surface area contributed by atoms with Crippen LogP contribution >= 0.6 is 0 Å². The van der Waals surface area contributed by atoms with E-state index in [2.05, 4.69) is 0 Å². The third-order valence-corrected chi connectivity index (χ3v) is 9.32. The van der Waals surface area contributed by atoms with Gasteiger partial charge in [0.05, 0.1) is 12.5 Å². The fourth-order valence-electron chi connectivity index (χ4n) is 8.25. The van der Waals surface area contributed by atoms with E-state index in [9.17, 15) is 9.59 Å². The Morgan fingerprint density at radius 3 is 2.37 bits per heavy atom. The van der Waals surface area contributed by atoms with Crippen molar-refractivity contribution in [3.05, 3.63) is 82.9 Å². The van der Waals surface area contributed by atoms with Crippen LogP contribution in [0, 0.1) is 36.9 Å². The molecule has 6 heteroatoms. The fraction of sp³-hybridized carbons (Fsp3) is 0.438. The van der Waals surface area contributed by atoms with E-state index in [-0.39, 0.29) is 29.6 Å². The number of aromatic nitrogens is 1. The van der Waals surface area contributed by atoms with Crippen molar-refractivity contribution in [3.63, 3.8) is 0 Å². The average molecular weight is 516 g/mol. The van der Waals surface area contributed by atoms with Gasteiger partial charge in [-0.2, -0.15) is 0 Å². The molecular formula is C32H34FNO4. The number of nitrogens with zero attached hydrogens (tertiary/aromatic N) is 1. The van der Waals surface area contributed by atoms with Gasteiger partial charge in [0.25, 0.3) is 0 Å². The van der Waals surface area contributed by atoms with Crippen molar-refractivity contribution in [2.45, 2.75) is 57.8 Å². The van der Waals surface area contributed by atoms with Crippen molar-refractivity contribution < 1.29 is 23.5 Å². The highest BCUT2D eigenvalue weighted by molar-refractivity contribution is 5.99. The molecule has 2 unspecified atom stereocenters. The predicted octanol–water partition coefficient (Wildman–Crippen LogP) is 6.51. The molecule has 0 N–H and O–H groups in total. The van der Waals surface area contributed by atoms with Gasteiger partial charge in [-0.25, -0.2) is 4.39 Å². The zero-order chi connectivity index (χ0) is 26.7. The van der Waals surface area contributed by atoms with Gasteiger partial charge in [-0.05, 0) is 99.5 Å². The molecule has 4 aliphatic carbocycles. The van der Waals surface area contributed by atoms with E-state index in [1.807, 2.05) is 66.9 Å². The molecule has 1 heterocycles. The Balaban J connectivity index is 1.22. The van der Waals surface area contributed by atoms with Gasteiger partial charge in [-0.15, -0.1) is 0 Å². The second kappa shape index (κ2) is 9.11. The van der Waals surface area contributed by atoms with E-state index >= 15 is 4.39 Å². The first-order valence-electron chi connectivity index (χ1n) is 13.5. The Hall–Kier alpha value is -3.41. The minimum absolute atomic E-state index is 0.200. The van der Waals surface area contributed by atoms with E-state index in [1.165, 1.54) is 13.2 Å². The molecule has 198 valence electrons. The number of ether oxygens (including phenoxy) is 2. The highest BCUT2D eigenvalue weighted by atomic mass is 19.1. The minimum Gasteiger partial charge on any atom is -0.497 e. The van der Waals surface area contributed by atoms with Gasteiger partial charge < -0.3 is 14.0 Å². The largest absolute Gasteiger partial charge is 0.497 e. The standard InChI is InChI=1S/C32H34FNO4/c1-20-11-26(21(2)34(20)24-7-5-4-6-8-24)29(35)18-38-30(36)32-16-22-12-23(17-32)15-31(14-22,19-32)27-10-9-25(37-3)13-28(27)33/h4-11,13,22-23H,12,14-19H2,1-3H3. The number of ketones is 1. The van der Waals surface area contributed by atoms with E-state index in [4.69, 9.17) is 9.47 Å². The highest BCUT2D eigenvalue weighted by Crippen LogP contribution is 2.66. The van der Waals surface area contributed by atoms with Crippen molar-refractivity contribution in [1.29, 1.82) is 0 Å². The third kappa shape index (κ3) is 3.96. The molecule has 4 fully saturated rings. The van der Waals surface area contributed by atoms with Crippen LogP contribution in [0.3, 0.4) is 0 Å². The average Bonchev–Trinajstić information content (AvgIpc) is 3.20. The summed E-state index contributed by atoms with van der Waals surface area (Å²) >= 11 is 0. The minimum atomic E-state index is -0.655. The summed E-state index contributed by atoms with van der Waals surface area (Å²) in [7, 11) is 1.53. The smallest absolute Gasteiger partial charge is 0.312 e. The summed E-state index contributed by atoms with van der Waals surface area (Å²) in [5.74, 6) is 0.468. The molecule has 7 rings (SSSR count). The van der Waals surface area contributed by atoms with Crippen LogP contribution < -0.4 is 4.74 Å². The van der Waals surface area contributed by atoms with Gasteiger partial charge in [-0.3, -0.25) is 9.59 Å². The lowest BCUT2D eigenvalue weighted by Gasteiger charge is -2.61. The van der Waals surface area contributed by atoms with Crippen LogP contribution in [-0.4, -0.2) is 30.0 Å². The third-order valence-electron chi connectivity index (χ3n) is 9.32. The van der Waals surface area contributed by atoms with Crippen LogP contribution in [0.1, 0.15) is 65.8 Å². The Kier molecular flexibility index (Phi) is 5.97. The normalized spacial score (nSPS) is 27.4. The Morgan fingerprint density at radius 2 is 1.71 bits per heavy atom. The van der Waals surface area contributed by atoms with Gasteiger partial charge in [-0.1, -0.05) is 24.3 Å². The molecule has 3 aromatic rings. The van der Waals surface area contributed by atoms with Crippen LogP contribution in [0.4, 0.5) is 4.39 Å². The van der Waals surface area contributed by atoms with Gasteiger partial charge in [0, 0.05) is 28.7 Å². The lowest BCUT2D eigenvalue weighted by atomic mass is 9.43. The molecule has 0 radical (unpaired) electrons. The second-order valence-electron chi connectivity index (χ2n) is 11.8. The Labute approximate surface area is 223 Å². The summed E-state index contributed by atoms with van der Waals surface area (Å²) in [6.07, 6.45) is 4.97.